The van der Waals surface area contributed by atoms with Crippen molar-refractivity contribution in [2.75, 3.05) is 18.9 Å². The Hall–Kier alpha value is -1.95. The first kappa shape index (κ1) is 11.2. The van der Waals surface area contributed by atoms with E-state index in [1.165, 1.54) is 18.5 Å². The minimum atomic E-state index is -0.489. The number of ether oxygens (including phenoxy) is 2. The van der Waals surface area contributed by atoms with Gasteiger partial charge in [0, 0.05) is 12.5 Å². The summed E-state index contributed by atoms with van der Waals surface area (Å²) >= 11 is 0. The molecule has 1 saturated heterocycles. The van der Waals surface area contributed by atoms with Crippen molar-refractivity contribution >= 4 is 16.6 Å². The highest BCUT2D eigenvalue weighted by atomic mass is 19.1. The summed E-state index contributed by atoms with van der Waals surface area (Å²) in [4.78, 5) is 8.07. The Bertz CT molecular complexity index is 585. The number of hydrogen-bond acceptors (Lipinski definition) is 5. The number of fused-ring (bicyclic) bond motifs is 1. The van der Waals surface area contributed by atoms with Gasteiger partial charge >= 0.3 is 0 Å². The minimum Gasteiger partial charge on any atom is -0.471 e. The Morgan fingerprint density at radius 1 is 1.39 bits per heavy atom. The van der Waals surface area contributed by atoms with Crippen molar-refractivity contribution in [3.8, 4) is 5.88 Å². The average Bonchev–Trinajstić information content (AvgIpc) is 2.84. The van der Waals surface area contributed by atoms with Crippen molar-refractivity contribution in [2.45, 2.75) is 12.5 Å². The SMILES string of the molecule is Nc1cc2c(O[C@H]3CCOC3)ncnc2cc1F. The molecule has 0 spiro atoms. The number of nitrogen functional groups attached to an aromatic ring is 1. The van der Waals surface area contributed by atoms with Gasteiger partial charge in [-0.2, -0.15) is 0 Å². The second-order valence-electron chi connectivity index (χ2n) is 4.17. The zero-order valence-corrected chi connectivity index (χ0v) is 9.60. The predicted molar refractivity (Wildman–Crippen MR) is 63.8 cm³/mol. The molecule has 1 aromatic carbocycles. The molecule has 2 N–H and O–H groups in total. The quantitative estimate of drug-likeness (QED) is 0.817. The van der Waals surface area contributed by atoms with E-state index in [-0.39, 0.29) is 11.8 Å². The predicted octanol–water partition coefficient (Wildman–Crippen LogP) is 1.52. The van der Waals surface area contributed by atoms with Crippen molar-refractivity contribution in [3.05, 3.63) is 24.3 Å². The summed E-state index contributed by atoms with van der Waals surface area (Å²) < 4.78 is 24.3. The summed E-state index contributed by atoms with van der Waals surface area (Å²) in [7, 11) is 0. The molecule has 18 heavy (non-hydrogen) atoms. The van der Waals surface area contributed by atoms with Crippen molar-refractivity contribution in [3.63, 3.8) is 0 Å². The number of hydrogen-bond donors (Lipinski definition) is 1. The maximum Gasteiger partial charge on any atom is 0.224 e. The summed E-state index contributed by atoms with van der Waals surface area (Å²) in [6, 6.07) is 2.78. The number of benzene rings is 1. The Morgan fingerprint density at radius 3 is 3.06 bits per heavy atom. The van der Waals surface area contributed by atoms with Gasteiger partial charge in [0.05, 0.1) is 29.8 Å². The minimum absolute atomic E-state index is 0.0191. The van der Waals surface area contributed by atoms with E-state index < -0.39 is 5.82 Å². The van der Waals surface area contributed by atoms with Crippen LogP contribution in [0.3, 0.4) is 0 Å². The fourth-order valence-corrected chi connectivity index (χ4v) is 1.93. The molecule has 0 unspecified atom stereocenters. The van der Waals surface area contributed by atoms with E-state index in [1.54, 1.807) is 0 Å². The van der Waals surface area contributed by atoms with Crippen LogP contribution in [0.15, 0.2) is 18.5 Å². The average molecular weight is 249 g/mol. The van der Waals surface area contributed by atoms with E-state index in [0.717, 1.165) is 6.42 Å². The smallest absolute Gasteiger partial charge is 0.224 e. The van der Waals surface area contributed by atoms with Gasteiger partial charge < -0.3 is 15.2 Å². The van der Waals surface area contributed by atoms with Gasteiger partial charge in [0.2, 0.25) is 5.88 Å². The van der Waals surface area contributed by atoms with Gasteiger partial charge in [-0.25, -0.2) is 14.4 Å². The number of rotatable bonds is 2. The van der Waals surface area contributed by atoms with E-state index >= 15 is 0 Å². The maximum atomic E-state index is 13.3. The van der Waals surface area contributed by atoms with E-state index in [9.17, 15) is 4.39 Å². The molecule has 0 saturated carbocycles. The van der Waals surface area contributed by atoms with Gasteiger partial charge in [-0.05, 0) is 6.07 Å². The lowest BCUT2D eigenvalue weighted by Crippen LogP contribution is -2.16. The Balaban J connectivity index is 2.02. The Labute approximate surface area is 103 Å². The van der Waals surface area contributed by atoms with Crippen molar-refractivity contribution < 1.29 is 13.9 Å². The molecule has 0 aliphatic carbocycles. The Kier molecular flexibility index (Phi) is 2.71. The zero-order valence-electron chi connectivity index (χ0n) is 9.60. The lowest BCUT2D eigenvalue weighted by molar-refractivity contribution is 0.139. The van der Waals surface area contributed by atoms with Crippen LogP contribution in [-0.2, 0) is 4.74 Å². The number of nitrogens with zero attached hydrogens (tertiary/aromatic N) is 2. The molecule has 1 fully saturated rings. The second kappa shape index (κ2) is 4.38. The molecular formula is C12H12FN3O2. The first-order valence-corrected chi connectivity index (χ1v) is 5.68. The van der Waals surface area contributed by atoms with Gasteiger partial charge in [0.1, 0.15) is 18.2 Å². The van der Waals surface area contributed by atoms with Crippen LogP contribution in [-0.4, -0.2) is 29.3 Å². The molecule has 0 radical (unpaired) electrons. The van der Waals surface area contributed by atoms with Crippen molar-refractivity contribution in [1.29, 1.82) is 0 Å². The Morgan fingerprint density at radius 2 is 2.28 bits per heavy atom. The molecule has 1 atom stereocenters. The van der Waals surface area contributed by atoms with E-state index in [0.29, 0.717) is 30.0 Å². The molecule has 6 heteroatoms. The lowest BCUT2D eigenvalue weighted by Gasteiger charge is -2.12. The molecule has 3 rings (SSSR count). The number of nitrogens with two attached hydrogens (primary N) is 1. The number of anilines is 1. The third-order valence-corrected chi connectivity index (χ3v) is 2.88. The van der Waals surface area contributed by atoms with Crippen LogP contribution in [0.5, 0.6) is 5.88 Å². The van der Waals surface area contributed by atoms with Gasteiger partial charge in [-0.15, -0.1) is 0 Å². The van der Waals surface area contributed by atoms with Crippen molar-refractivity contribution in [1.82, 2.24) is 9.97 Å². The highest BCUT2D eigenvalue weighted by Gasteiger charge is 2.19. The highest BCUT2D eigenvalue weighted by molar-refractivity contribution is 5.86. The summed E-state index contributed by atoms with van der Waals surface area (Å²) in [5, 5.41) is 0.614. The topological polar surface area (TPSA) is 70.3 Å². The first-order valence-electron chi connectivity index (χ1n) is 5.68. The van der Waals surface area contributed by atoms with Gasteiger partial charge in [0.15, 0.2) is 0 Å². The fraction of sp³-hybridized carbons (Fsp3) is 0.333. The zero-order chi connectivity index (χ0) is 12.5. The molecule has 1 aromatic heterocycles. The first-order chi connectivity index (χ1) is 8.74. The molecule has 5 nitrogen and oxygen atoms in total. The van der Waals surface area contributed by atoms with Gasteiger partial charge in [0.25, 0.3) is 0 Å². The van der Waals surface area contributed by atoms with Crippen LogP contribution >= 0.6 is 0 Å². The molecule has 0 bridgehead atoms. The number of halogens is 1. The highest BCUT2D eigenvalue weighted by Crippen LogP contribution is 2.27. The third kappa shape index (κ3) is 1.95. The lowest BCUT2D eigenvalue weighted by atomic mass is 10.2. The molecule has 2 aromatic rings. The number of aromatic nitrogens is 2. The standard InChI is InChI=1S/C12H12FN3O2/c13-9-4-11-8(3-10(9)14)12(16-6-15-11)18-7-1-2-17-5-7/h3-4,6-7H,1-2,5,14H2/t7-/m0/s1. The molecular weight excluding hydrogens is 237 g/mol. The second-order valence-corrected chi connectivity index (χ2v) is 4.17. The largest absolute Gasteiger partial charge is 0.471 e. The summed E-state index contributed by atoms with van der Waals surface area (Å²) in [6.07, 6.45) is 2.15. The molecule has 2 heterocycles. The fourth-order valence-electron chi connectivity index (χ4n) is 1.93. The molecule has 1 aliphatic rings. The van der Waals surface area contributed by atoms with Crippen LogP contribution in [0.1, 0.15) is 6.42 Å². The van der Waals surface area contributed by atoms with Crippen LogP contribution in [0.25, 0.3) is 10.9 Å². The normalized spacial score (nSPS) is 19.3. The molecule has 0 amide bonds. The van der Waals surface area contributed by atoms with Crippen LogP contribution in [0.4, 0.5) is 10.1 Å². The third-order valence-electron chi connectivity index (χ3n) is 2.88. The van der Waals surface area contributed by atoms with Gasteiger partial charge in [-0.3, -0.25) is 0 Å². The van der Waals surface area contributed by atoms with E-state index in [4.69, 9.17) is 15.2 Å². The molecule has 94 valence electrons. The van der Waals surface area contributed by atoms with Gasteiger partial charge in [-0.1, -0.05) is 0 Å². The van der Waals surface area contributed by atoms with E-state index in [2.05, 4.69) is 9.97 Å². The van der Waals surface area contributed by atoms with Crippen LogP contribution in [0.2, 0.25) is 0 Å². The van der Waals surface area contributed by atoms with Crippen molar-refractivity contribution in [2.24, 2.45) is 0 Å². The summed E-state index contributed by atoms with van der Waals surface area (Å²) in [5.41, 5.74) is 6.09. The summed E-state index contributed by atoms with van der Waals surface area (Å²) in [5.74, 6) is -0.0708. The monoisotopic (exact) mass is 249 g/mol. The summed E-state index contributed by atoms with van der Waals surface area (Å²) in [6.45, 7) is 1.23. The van der Waals surface area contributed by atoms with Crippen LogP contribution < -0.4 is 10.5 Å². The van der Waals surface area contributed by atoms with Crippen LogP contribution in [0, 0.1) is 5.82 Å². The van der Waals surface area contributed by atoms with E-state index in [1.807, 2.05) is 0 Å². The maximum absolute atomic E-state index is 13.3. The molecule has 1 aliphatic heterocycles.